The standard InChI is InChI=1S/C15H19NO4/c1-10(2)14(15(18)19)16-13(17)9-6-11-4-7-12(20-3)8-5-11/h4-10,14H,1-3H3,(H,16,17)(H,18,19)/p-1/b9-6+/t14-/m1/s1. The third-order valence-corrected chi connectivity index (χ3v) is 2.76. The van der Waals surface area contributed by atoms with Gasteiger partial charge in [-0.15, -0.1) is 0 Å². The molecule has 0 bridgehead atoms. The lowest BCUT2D eigenvalue weighted by Gasteiger charge is -2.22. The predicted molar refractivity (Wildman–Crippen MR) is 73.8 cm³/mol. The molecule has 0 unspecified atom stereocenters. The average molecular weight is 276 g/mol. The molecule has 0 aromatic heterocycles. The maximum atomic E-state index is 11.6. The van der Waals surface area contributed by atoms with Gasteiger partial charge in [0, 0.05) is 6.08 Å². The molecule has 1 aromatic carbocycles. The van der Waals surface area contributed by atoms with E-state index in [1.807, 2.05) is 0 Å². The molecule has 0 saturated heterocycles. The lowest BCUT2D eigenvalue weighted by Crippen LogP contribution is -2.50. The quantitative estimate of drug-likeness (QED) is 0.772. The molecule has 0 heterocycles. The first-order valence-electron chi connectivity index (χ1n) is 6.27. The Morgan fingerprint density at radius 3 is 2.30 bits per heavy atom. The second kappa shape index (κ2) is 7.33. The van der Waals surface area contributed by atoms with Crippen molar-refractivity contribution in [2.75, 3.05) is 7.11 Å². The van der Waals surface area contributed by atoms with Gasteiger partial charge in [0.25, 0.3) is 0 Å². The molecule has 0 aliphatic carbocycles. The predicted octanol–water partition coefficient (Wildman–Crippen LogP) is 0.599. The van der Waals surface area contributed by atoms with Crippen LogP contribution in [0.3, 0.4) is 0 Å². The van der Waals surface area contributed by atoms with Crippen LogP contribution in [0.5, 0.6) is 5.75 Å². The highest BCUT2D eigenvalue weighted by Gasteiger charge is 2.15. The first-order chi connectivity index (χ1) is 9.43. The highest BCUT2D eigenvalue weighted by atomic mass is 16.5. The summed E-state index contributed by atoms with van der Waals surface area (Å²) in [4.78, 5) is 22.5. The molecule has 5 heteroatoms. The van der Waals surface area contributed by atoms with Gasteiger partial charge in [0.1, 0.15) is 5.75 Å². The second-order valence-electron chi connectivity index (χ2n) is 4.66. The fraction of sp³-hybridized carbons (Fsp3) is 0.333. The Labute approximate surface area is 118 Å². The van der Waals surface area contributed by atoms with Crippen LogP contribution in [-0.4, -0.2) is 25.0 Å². The van der Waals surface area contributed by atoms with Crippen LogP contribution in [-0.2, 0) is 9.59 Å². The van der Waals surface area contributed by atoms with Crippen LogP contribution in [0, 0.1) is 5.92 Å². The van der Waals surface area contributed by atoms with Crippen molar-refractivity contribution in [3.05, 3.63) is 35.9 Å². The number of carboxylic acids is 1. The van der Waals surface area contributed by atoms with E-state index in [9.17, 15) is 14.7 Å². The molecule has 0 spiro atoms. The van der Waals surface area contributed by atoms with E-state index in [2.05, 4.69) is 5.32 Å². The number of carbonyl (C=O) groups is 2. The summed E-state index contributed by atoms with van der Waals surface area (Å²) in [5, 5.41) is 13.3. The molecule has 0 aliphatic rings. The summed E-state index contributed by atoms with van der Waals surface area (Å²) in [6.45, 7) is 3.40. The maximum Gasteiger partial charge on any atom is 0.244 e. The van der Waals surface area contributed by atoms with Gasteiger partial charge in [0.2, 0.25) is 5.91 Å². The number of ether oxygens (including phenoxy) is 1. The van der Waals surface area contributed by atoms with Gasteiger partial charge < -0.3 is 20.0 Å². The molecule has 0 radical (unpaired) electrons. The van der Waals surface area contributed by atoms with Gasteiger partial charge in [0.15, 0.2) is 0 Å². The molecule has 0 aliphatic heterocycles. The number of carbonyl (C=O) groups excluding carboxylic acids is 2. The van der Waals surface area contributed by atoms with Crippen molar-refractivity contribution in [1.82, 2.24) is 5.32 Å². The monoisotopic (exact) mass is 276 g/mol. The molecule has 1 N–H and O–H groups in total. The van der Waals surface area contributed by atoms with E-state index in [0.717, 1.165) is 11.3 Å². The van der Waals surface area contributed by atoms with Crippen LogP contribution in [0.4, 0.5) is 0 Å². The van der Waals surface area contributed by atoms with E-state index in [1.54, 1.807) is 51.3 Å². The van der Waals surface area contributed by atoms with Gasteiger partial charge in [-0.25, -0.2) is 0 Å². The van der Waals surface area contributed by atoms with Gasteiger partial charge in [-0.1, -0.05) is 26.0 Å². The minimum Gasteiger partial charge on any atom is -0.548 e. The Hall–Kier alpha value is -2.30. The molecule has 108 valence electrons. The summed E-state index contributed by atoms with van der Waals surface area (Å²) >= 11 is 0. The highest BCUT2D eigenvalue weighted by molar-refractivity contribution is 5.94. The van der Waals surface area contributed by atoms with E-state index in [4.69, 9.17) is 4.74 Å². The number of hydrogen-bond donors (Lipinski definition) is 1. The SMILES string of the molecule is COc1ccc(/C=C/C(=O)N[C@@H](C(=O)[O-])C(C)C)cc1. The van der Waals surface area contributed by atoms with Crippen LogP contribution in [0.2, 0.25) is 0 Å². The second-order valence-corrected chi connectivity index (χ2v) is 4.66. The van der Waals surface area contributed by atoms with E-state index in [-0.39, 0.29) is 5.92 Å². The average Bonchev–Trinajstić information content (AvgIpc) is 2.42. The first-order valence-corrected chi connectivity index (χ1v) is 6.27. The largest absolute Gasteiger partial charge is 0.548 e. The lowest BCUT2D eigenvalue weighted by molar-refractivity contribution is -0.309. The Balaban J connectivity index is 2.64. The van der Waals surface area contributed by atoms with Crippen molar-refractivity contribution in [2.45, 2.75) is 19.9 Å². The number of rotatable bonds is 6. The van der Waals surface area contributed by atoms with Crippen LogP contribution < -0.4 is 15.2 Å². The zero-order valence-corrected chi connectivity index (χ0v) is 11.8. The minimum absolute atomic E-state index is 0.238. The third-order valence-electron chi connectivity index (χ3n) is 2.76. The minimum atomic E-state index is -1.29. The van der Waals surface area contributed by atoms with Gasteiger partial charge >= 0.3 is 0 Å². The molecule has 20 heavy (non-hydrogen) atoms. The summed E-state index contributed by atoms with van der Waals surface area (Å²) in [6, 6.07) is 6.14. The third kappa shape index (κ3) is 4.76. The maximum absolute atomic E-state index is 11.6. The number of carboxylic acid groups (broad SMARTS) is 1. The molecule has 5 nitrogen and oxygen atoms in total. The molecule has 1 amide bonds. The van der Waals surface area contributed by atoms with Crippen LogP contribution >= 0.6 is 0 Å². The van der Waals surface area contributed by atoms with Crippen molar-refractivity contribution in [1.29, 1.82) is 0 Å². The van der Waals surface area contributed by atoms with E-state index in [1.165, 1.54) is 6.08 Å². The molecule has 1 aromatic rings. The van der Waals surface area contributed by atoms with Crippen LogP contribution in [0.1, 0.15) is 19.4 Å². The van der Waals surface area contributed by atoms with Crippen molar-refractivity contribution in [3.8, 4) is 5.75 Å². The summed E-state index contributed by atoms with van der Waals surface area (Å²) in [6.07, 6.45) is 2.89. The Kier molecular flexibility index (Phi) is 5.77. The molecule has 1 atom stereocenters. The normalized spacial score (nSPS) is 12.4. The topological polar surface area (TPSA) is 78.5 Å². The Morgan fingerprint density at radius 1 is 1.25 bits per heavy atom. The first kappa shape index (κ1) is 15.8. The number of hydrogen-bond acceptors (Lipinski definition) is 4. The Morgan fingerprint density at radius 2 is 1.85 bits per heavy atom. The molecule has 0 fully saturated rings. The van der Waals surface area contributed by atoms with E-state index < -0.39 is 17.9 Å². The summed E-state index contributed by atoms with van der Waals surface area (Å²) in [7, 11) is 1.57. The number of methoxy groups -OCH3 is 1. The molecular weight excluding hydrogens is 258 g/mol. The van der Waals surface area contributed by atoms with E-state index >= 15 is 0 Å². The number of aliphatic carboxylic acids is 1. The smallest absolute Gasteiger partial charge is 0.244 e. The highest BCUT2D eigenvalue weighted by Crippen LogP contribution is 2.12. The summed E-state index contributed by atoms with van der Waals surface area (Å²) in [5.74, 6) is -1.27. The van der Waals surface area contributed by atoms with Crippen molar-refractivity contribution >= 4 is 18.0 Å². The Bertz CT molecular complexity index is 491. The molecular formula is C15H18NO4-. The van der Waals surface area contributed by atoms with Crippen molar-refractivity contribution < 1.29 is 19.4 Å². The fourth-order valence-corrected chi connectivity index (χ4v) is 1.59. The van der Waals surface area contributed by atoms with Gasteiger partial charge in [-0.2, -0.15) is 0 Å². The van der Waals surface area contributed by atoms with Gasteiger partial charge in [0.05, 0.1) is 19.1 Å². The fourth-order valence-electron chi connectivity index (χ4n) is 1.59. The molecule has 1 rings (SSSR count). The zero-order valence-electron chi connectivity index (χ0n) is 11.8. The molecule has 0 saturated carbocycles. The summed E-state index contributed by atoms with van der Waals surface area (Å²) < 4.78 is 5.02. The van der Waals surface area contributed by atoms with Gasteiger partial charge in [-0.3, -0.25) is 4.79 Å². The van der Waals surface area contributed by atoms with Crippen LogP contribution in [0.25, 0.3) is 6.08 Å². The summed E-state index contributed by atoms with van der Waals surface area (Å²) in [5.41, 5.74) is 0.815. The van der Waals surface area contributed by atoms with Gasteiger partial charge in [-0.05, 0) is 29.7 Å². The van der Waals surface area contributed by atoms with Crippen molar-refractivity contribution in [2.24, 2.45) is 5.92 Å². The van der Waals surface area contributed by atoms with Crippen molar-refractivity contribution in [3.63, 3.8) is 0 Å². The number of nitrogens with one attached hydrogen (secondary N) is 1. The van der Waals surface area contributed by atoms with Crippen LogP contribution in [0.15, 0.2) is 30.3 Å². The lowest BCUT2D eigenvalue weighted by atomic mass is 10.0. The number of benzene rings is 1. The van der Waals surface area contributed by atoms with E-state index in [0.29, 0.717) is 0 Å². The number of amides is 1. The zero-order chi connectivity index (χ0) is 15.1.